The second kappa shape index (κ2) is 10.9. The van der Waals surface area contributed by atoms with Crippen LogP contribution in [0, 0.1) is 5.82 Å². The highest BCUT2D eigenvalue weighted by molar-refractivity contribution is 8.00. The number of carbonyl (C=O) groups excluding carboxylic acids is 2. The van der Waals surface area contributed by atoms with Crippen LogP contribution in [0.4, 0.5) is 10.2 Å². The van der Waals surface area contributed by atoms with Crippen LogP contribution in [-0.4, -0.2) is 33.9 Å². The Kier molecular flexibility index (Phi) is 7.55. The predicted molar refractivity (Wildman–Crippen MR) is 151 cm³/mol. The number of furan rings is 1. The number of hydrogen-bond acceptors (Lipinski definition) is 5. The molecule has 0 aliphatic carbocycles. The standard InChI is InChI=1S/C29H28ClFN4O3S/c1-29(2,3)27-25-26(18-6-4-7-19(30)14-18)39-17-24(37)34(16-23(36)32-15-22-8-5-13-38-22)28(25)35(33-27)21-11-9-20(31)10-12-21/h4-14,26H,15-17H2,1-3H3,(H,32,36)/t26-/m0/s1. The van der Waals surface area contributed by atoms with Gasteiger partial charge in [-0.3, -0.25) is 14.5 Å². The Labute approximate surface area is 235 Å². The molecule has 0 bridgehead atoms. The van der Waals surface area contributed by atoms with Crippen molar-refractivity contribution in [1.82, 2.24) is 15.1 Å². The zero-order valence-electron chi connectivity index (χ0n) is 21.8. The average molecular weight is 567 g/mol. The number of benzene rings is 2. The molecule has 10 heteroatoms. The van der Waals surface area contributed by atoms with Gasteiger partial charge >= 0.3 is 0 Å². The summed E-state index contributed by atoms with van der Waals surface area (Å²) < 4.78 is 20.8. The van der Waals surface area contributed by atoms with Crippen molar-refractivity contribution < 1.29 is 18.4 Å². The normalized spacial score (nSPS) is 15.7. The Bertz CT molecular complexity index is 1500. The number of halogens is 2. The molecule has 0 unspecified atom stereocenters. The van der Waals surface area contributed by atoms with E-state index >= 15 is 0 Å². The third-order valence-corrected chi connectivity index (χ3v) is 7.85. The van der Waals surface area contributed by atoms with E-state index in [1.807, 2.05) is 18.2 Å². The van der Waals surface area contributed by atoms with Gasteiger partial charge in [0.05, 0.1) is 35.2 Å². The molecular formula is C29H28ClFN4O3S. The molecule has 0 saturated carbocycles. The summed E-state index contributed by atoms with van der Waals surface area (Å²) in [6.07, 6.45) is 1.54. The van der Waals surface area contributed by atoms with Gasteiger partial charge in [-0.25, -0.2) is 9.07 Å². The fourth-order valence-corrected chi connectivity index (χ4v) is 5.95. The van der Waals surface area contributed by atoms with Crippen molar-refractivity contribution >= 4 is 41.0 Å². The Morgan fingerprint density at radius 1 is 1.18 bits per heavy atom. The molecule has 202 valence electrons. The van der Waals surface area contributed by atoms with E-state index in [-0.39, 0.29) is 41.7 Å². The van der Waals surface area contributed by atoms with Crippen molar-refractivity contribution in [3.63, 3.8) is 0 Å². The van der Waals surface area contributed by atoms with Crippen LogP contribution in [0.1, 0.15) is 48.6 Å². The summed E-state index contributed by atoms with van der Waals surface area (Å²) in [5, 5.41) is 8.13. The maximum atomic E-state index is 13.9. The molecule has 2 aromatic carbocycles. The molecule has 2 aromatic heterocycles. The lowest BCUT2D eigenvalue weighted by molar-refractivity contribution is -0.123. The van der Waals surface area contributed by atoms with Gasteiger partial charge in [0.25, 0.3) is 0 Å². The van der Waals surface area contributed by atoms with Crippen molar-refractivity contribution in [2.45, 2.75) is 38.0 Å². The van der Waals surface area contributed by atoms with Crippen molar-refractivity contribution in [2.75, 3.05) is 17.2 Å². The van der Waals surface area contributed by atoms with Gasteiger partial charge < -0.3 is 9.73 Å². The molecule has 1 N–H and O–H groups in total. The number of carbonyl (C=O) groups is 2. The zero-order chi connectivity index (χ0) is 27.7. The highest BCUT2D eigenvalue weighted by Crippen LogP contribution is 2.48. The molecular weight excluding hydrogens is 539 g/mol. The molecule has 4 aromatic rings. The van der Waals surface area contributed by atoms with Crippen LogP contribution >= 0.6 is 23.4 Å². The van der Waals surface area contributed by atoms with Crippen LogP contribution in [0.3, 0.4) is 0 Å². The SMILES string of the molecule is CC(C)(C)c1nn(-c2ccc(F)cc2)c2c1[C@H](c1cccc(Cl)c1)SCC(=O)N2CC(=O)NCc1ccco1. The van der Waals surface area contributed by atoms with Gasteiger partial charge in [-0.2, -0.15) is 5.10 Å². The van der Waals surface area contributed by atoms with E-state index < -0.39 is 5.41 Å². The lowest BCUT2D eigenvalue weighted by Crippen LogP contribution is -2.42. The Morgan fingerprint density at radius 3 is 2.62 bits per heavy atom. The van der Waals surface area contributed by atoms with Gasteiger partial charge in [0.15, 0.2) is 0 Å². The van der Waals surface area contributed by atoms with E-state index in [0.717, 1.165) is 16.8 Å². The first-order valence-electron chi connectivity index (χ1n) is 12.5. The molecule has 7 nitrogen and oxygen atoms in total. The van der Waals surface area contributed by atoms with E-state index in [0.29, 0.717) is 22.3 Å². The fourth-order valence-electron chi connectivity index (χ4n) is 4.57. The third-order valence-electron chi connectivity index (χ3n) is 6.36. The molecule has 1 atom stereocenters. The van der Waals surface area contributed by atoms with Gasteiger partial charge in [0.2, 0.25) is 11.8 Å². The van der Waals surface area contributed by atoms with Gasteiger partial charge in [0, 0.05) is 16.0 Å². The number of nitrogens with one attached hydrogen (secondary N) is 1. The molecule has 1 aliphatic rings. The number of fused-ring (bicyclic) bond motifs is 1. The summed E-state index contributed by atoms with van der Waals surface area (Å²) >= 11 is 7.85. The number of hydrogen-bond donors (Lipinski definition) is 1. The lowest BCUT2D eigenvalue weighted by atomic mass is 9.87. The topological polar surface area (TPSA) is 80.4 Å². The van der Waals surface area contributed by atoms with Crippen molar-refractivity contribution in [3.05, 3.63) is 100 Å². The van der Waals surface area contributed by atoms with Crippen LogP contribution in [0.25, 0.3) is 5.69 Å². The van der Waals surface area contributed by atoms with E-state index in [2.05, 4.69) is 26.1 Å². The second-order valence-electron chi connectivity index (χ2n) is 10.3. The van der Waals surface area contributed by atoms with Crippen molar-refractivity contribution in [1.29, 1.82) is 0 Å². The number of amides is 2. The minimum atomic E-state index is -0.409. The minimum absolute atomic E-state index is 0.143. The predicted octanol–water partition coefficient (Wildman–Crippen LogP) is 6.04. The summed E-state index contributed by atoms with van der Waals surface area (Å²) in [6.45, 7) is 6.14. The van der Waals surface area contributed by atoms with Crippen LogP contribution in [0.2, 0.25) is 5.02 Å². The van der Waals surface area contributed by atoms with Gasteiger partial charge in [0.1, 0.15) is 23.9 Å². The monoisotopic (exact) mass is 566 g/mol. The van der Waals surface area contributed by atoms with Crippen LogP contribution in [-0.2, 0) is 21.5 Å². The highest BCUT2D eigenvalue weighted by atomic mass is 35.5. The van der Waals surface area contributed by atoms with Gasteiger partial charge in [-0.05, 0) is 54.1 Å². The molecule has 0 radical (unpaired) electrons. The van der Waals surface area contributed by atoms with E-state index in [9.17, 15) is 14.0 Å². The Balaban J connectivity index is 1.67. The molecule has 2 amide bonds. The fraction of sp³-hybridized carbons (Fsp3) is 0.276. The molecule has 0 saturated heterocycles. The summed E-state index contributed by atoms with van der Waals surface area (Å²) in [7, 11) is 0. The van der Waals surface area contributed by atoms with Gasteiger partial charge in [-0.1, -0.05) is 44.5 Å². The number of anilines is 1. The number of aromatic nitrogens is 2. The van der Waals surface area contributed by atoms with Crippen molar-refractivity contribution in [2.24, 2.45) is 0 Å². The van der Waals surface area contributed by atoms with E-state index in [4.69, 9.17) is 21.1 Å². The first kappa shape index (κ1) is 27.0. The lowest BCUT2D eigenvalue weighted by Gasteiger charge is -2.24. The smallest absolute Gasteiger partial charge is 0.240 e. The zero-order valence-corrected chi connectivity index (χ0v) is 23.4. The number of thioether (sulfide) groups is 1. The molecule has 3 heterocycles. The summed E-state index contributed by atoms with van der Waals surface area (Å²) in [4.78, 5) is 28.3. The first-order valence-corrected chi connectivity index (χ1v) is 13.9. The third kappa shape index (κ3) is 5.74. The molecule has 1 aliphatic heterocycles. The second-order valence-corrected chi connectivity index (χ2v) is 11.8. The molecule has 0 fully saturated rings. The molecule has 0 spiro atoms. The average Bonchev–Trinajstić information content (AvgIpc) is 3.52. The molecule has 5 rings (SSSR count). The van der Waals surface area contributed by atoms with E-state index in [1.165, 1.54) is 35.1 Å². The minimum Gasteiger partial charge on any atom is -0.467 e. The van der Waals surface area contributed by atoms with Crippen LogP contribution in [0.5, 0.6) is 0 Å². The van der Waals surface area contributed by atoms with Crippen LogP contribution < -0.4 is 10.2 Å². The maximum absolute atomic E-state index is 13.9. The van der Waals surface area contributed by atoms with Crippen molar-refractivity contribution in [3.8, 4) is 5.69 Å². The maximum Gasteiger partial charge on any atom is 0.240 e. The summed E-state index contributed by atoms with van der Waals surface area (Å²) in [5.41, 5.74) is 2.69. The number of nitrogens with zero attached hydrogens (tertiary/aromatic N) is 3. The van der Waals surface area contributed by atoms with Gasteiger partial charge in [-0.15, -0.1) is 11.8 Å². The summed E-state index contributed by atoms with van der Waals surface area (Å²) in [5.74, 6) is 0.271. The molecule has 39 heavy (non-hydrogen) atoms. The summed E-state index contributed by atoms with van der Waals surface area (Å²) in [6, 6.07) is 17.0. The Hall–Kier alpha value is -3.56. The number of rotatable bonds is 6. The Morgan fingerprint density at radius 2 is 1.95 bits per heavy atom. The first-order chi connectivity index (χ1) is 18.6. The van der Waals surface area contributed by atoms with Crippen LogP contribution in [0.15, 0.2) is 71.3 Å². The largest absolute Gasteiger partial charge is 0.467 e. The highest BCUT2D eigenvalue weighted by Gasteiger charge is 2.40. The van der Waals surface area contributed by atoms with E-state index in [1.54, 1.807) is 35.0 Å². The quantitative estimate of drug-likeness (QED) is 0.308.